The van der Waals surface area contributed by atoms with E-state index < -0.39 is 6.04 Å². The highest BCUT2D eigenvalue weighted by Gasteiger charge is 2.43. The summed E-state index contributed by atoms with van der Waals surface area (Å²) < 4.78 is 6.39. The van der Waals surface area contributed by atoms with Crippen LogP contribution in [0.15, 0.2) is 81.9 Å². The highest BCUT2D eigenvalue weighted by Crippen LogP contribution is 2.25. The minimum Gasteiger partial charge on any atom is -0.467 e. The van der Waals surface area contributed by atoms with Crippen LogP contribution in [0.2, 0.25) is 0 Å². The molecule has 1 unspecified atom stereocenters. The summed E-state index contributed by atoms with van der Waals surface area (Å²) in [6, 6.07) is 20.2. The van der Waals surface area contributed by atoms with Crippen LogP contribution in [-0.4, -0.2) is 39.3 Å². The van der Waals surface area contributed by atoms with E-state index in [1.807, 2.05) is 48.5 Å². The largest absolute Gasteiger partial charge is 0.467 e. The maximum absolute atomic E-state index is 13.3. The van der Waals surface area contributed by atoms with E-state index in [4.69, 9.17) is 16.6 Å². The van der Waals surface area contributed by atoms with Crippen LogP contribution in [0.3, 0.4) is 0 Å². The quantitative estimate of drug-likeness (QED) is 0.447. The van der Waals surface area contributed by atoms with E-state index in [1.165, 1.54) is 0 Å². The zero-order valence-electron chi connectivity index (χ0n) is 17.2. The molecule has 1 fully saturated rings. The van der Waals surface area contributed by atoms with Crippen molar-refractivity contribution in [2.24, 2.45) is 0 Å². The van der Waals surface area contributed by atoms with Gasteiger partial charge in [-0.25, -0.2) is 0 Å². The molecule has 164 valence electrons. The Labute approximate surface area is 200 Å². The summed E-state index contributed by atoms with van der Waals surface area (Å²) in [6.45, 7) is 0.788. The second kappa shape index (κ2) is 10.1. The van der Waals surface area contributed by atoms with Crippen molar-refractivity contribution in [3.63, 3.8) is 0 Å². The molecule has 2 aromatic carbocycles. The Kier molecular flexibility index (Phi) is 7.02. The number of thiocarbonyl (C=S) groups is 1. The van der Waals surface area contributed by atoms with E-state index in [0.717, 1.165) is 10.0 Å². The zero-order valence-corrected chi connectivity index (χ0v) is 19.6. The number of carbonyl (C=O) groups excluding carboxylic acids is 2. The summed E-state index contributed by atoms with van der Waals surface area (Å²) in [6.07, 6.45) is 2.26. The van der Waals surface area contributed by atoms with Crippen molar-refractivity contribution in [2.75, 3.05) is 11.9 Å². The first-order chi connectivity index (χ1) is 15.5. The van der Waals surface area contributed by atoms with E-state index in [-0.39, 0.29) is 18.2 Å². The third-order valence-electron chi connectivity index (χ3n) is 5.28. The molecule has 1 aliphatic heterocycles. The SMILES string of the molecule is O=C(CC1C(=O)N(CCc2ccccc2)C(=S)N1Cc1ccco1)Nc1ccc(Br)cc1. The van der Waals surface area contributed by atoms with E-state index in [0.29, 0.717) is 36.1 Å². The normalized spacial score (nSPS) is 16.0. The van der Waals surface area contributed by atoms with Gasteiger partial charge in [0.25, 0.3) is 5.91 Å². The van der Waals surface area contributed by atoms with E-state index in [1.54, 1.807) is 34.3 Å². The molecule has 0 saturated carbocycles. The lowest BCUT2D eigenvalue weighted by molar-refractivity contribution is -0.130. The number of hydrogen-bond acceptors (Lipinski definition) is 4. The van der Waals surface area contributed by atoms with Crippen LogP contribution in [0.25, 0.3) is 0 Å². The van der Waals surface area contributed by atoms with Crippen LogP contribution >= 0.6 is 28.1 Å². The molecule has 2 heterocycles. The molecule has 0 radical (unpaired) electrons. The van der Waals surface area contributed by atoms with Crippen molar-refractivity contribution >= 4 is 50.8 Å². The molecular formula is C24H22BrN3O3S. The lowest BCUT2D eigenvalue weighted by atomic mass is 10.1. The molecule has 3 aromatic rings. The van der Waals surface area contributed by atoms with E-state index in [2.05, 4.69) is 21.2 Å². The van der Waals surface area contributed by atoms with Gasteiger partial charge in [-0.1, -0.05) is 46.3 Å². The van der Waals surface area contributed by atoms with Crippen molar-refractivity contribution in [2.45, 2.75) is 25.4 Å². The third kappa shape index (κ3) is 5.26. The number of benzene rings is 2. The fourth-order valence-corrected chi connectivity index (χ4v) is 4.29. The van der Waals surface area contributed by atoms with Crippen LogP contribution in [-0.2, 0) is 22.6 Å². The Morgan fingerprint density at radius 1 is 1.06 bits per heavy atom. The molecule has 2 amide bonds. The van der Waals surface area contributed by atoms with Gasteiger partial charge in [-0.05, 0) is 60.6 Å². The number of rotatable bonds is 8. The van der Waals surface area contributed by atoms with Crippen molar-refractivity contribution in [3.05, 3.63) is 88.8 Å². The average molecular weight is 512 g/mol. The van der Waals surface area contributed by atoms with Crippen LogP contribution in [0, 0.1) is 0 Å². The monoisotopic (exact) mass is 511 g/mol. The van der Waals surface area contributed by atoms with Gasteiger partial charge in [-0.15, -0.1) is 0 Å². The number of nitrogens with zero attached hydrogens (tertiary/aromatic N) is 2. The van der Waals surface area contributed by atoms with E-state index >= 15 is 0 Å². The lowest BCUT2D eigenvalue weighted by Crippen LogP contribution is -2.37. The fraction of sp³-hybridized carbons (Fsp3) is 0.208. The maximum atomic E-state index is 13.3. The van der Waals surface area contributed by atoms with Gasteiger partial charge in [-0.3, -0.25) is 14.5 Å². The Balaban J connectivity index is 1.48. The molecule has 0 spiro atoms. The number of hydrogen-bond donors (Lipinski definition) is 1. The van der Waals surface area contributed by atoms with Crippen molar-refractivity contribution < 1.29 is 14.0 Å². The van der Waals surface area contributed by atoms with Gasteiger partial charge in [0.2, 0.25) is 5.91 Å². The number of halogens is 1. The van der Waals surface area contributed by atoms with Gasteiger partial charge in [0, 0.05) is 16.7 Å². The summed E-state index contributed by atoms with van der Waals surface area (Å²) in [7, 11) is 0. The molecule has 8 heteroatoms. The minimum absolute atomic E-state index is 0.00240. The molecular weight excluding hydrogens is 490 g/mol. The summed E-state index contributed by atoms with van der Waals surface area (Å²) in [5, 5.41) is 3.28. The lowest BCUT2D eigenvalue weighted by Gasteiger charge is -2.22. The van der Waals surface area contributed by atoms with Gasteiger partial charge in [0.05, 0.1) is 19.2 Å². The molecule has 1 aliphatic rings. The summed E-state index contributed by atoms with van der Waals surface area (Å²) in [4.78, 5) is 29.4. The molecule has 1 saturated heterocycles. The first-order valence-corrected chi connectivity index (χ1v) is 11.4. The fourth-order valence-electron chi connectivity index (χ4n) is 3.65. The Morgan fingerprint density at radius 3 is 2.50 bits per heavy atom. The number of furan rings is 1. The van der Waals surface area contributed by atoms with Crippen LogP contribution in [0.1, 0.15) is 17.7 Å². The van der Waals surface area contributed by atoms with E-state index in [9.17, 15) is 9.59 Å². The Hall–Kier alpha value is -2.97. The van der Waals surface area contributed by atoms with Crippen molar-refractivity contribution in [1.82, 2.24) is 9.80 Å². The van der Waals surface area contributed by atoms with Crippen molar-refractivity contribution in [3.8, 4) is 0 Å². The predicted molar refractivity (Wildman–Crippen MR) is 130 cm³/mol. The standard InChI is InChI=1S/C24H22BrN3O3S/c25-18-8-10-19(11-9-18)26-22(29)15-21-23(30)27(13-12-17-5-2-1-3-6-17)24(32)28(21)16-20-7-4-14-31-20/h1-11,14,21H,12-13,15-16H2,(H,26,29). The molecule has 1 atom stereocenters. The van der Waals surface area contributed by atoms with Crippen molar-refractivity contribution in [1.29, 1.82) is 0 Å². The molecule has 6 nitrogen and oxygen atoms in total. The van der Waals surface area contributed by atoms with Gasteiger partial charge >= 0.3 is 0 Å². The Bertz CT molecular complexity index is 1090. The topological polar surface area (TPSA) is 65.8 Å². The van der Waals surface area contributed by atoms with Gasteiger partial charge < -0.3 is 14.6 Å². The van der Waals surface area contributed by atoms with Crippen LogP contribution in [0.5, 0.6) is 0 Å². The molecule has 1 N–H and O–H groups in total. The van der Waals surface area contributed by atoms with Crippen LogP contribution in [0.4, 0.5) is 5.69 Å². The minimum atomic E-state index is -0.682. The maximum Gasteiger partial charge on any atom is 0.252 e. The first kappa shape index (κ1) is 22.2. The van der Waals surface area contributed by atoms with Gasteiger partial charge in [0.1, 0.15) is 11.8 Å². The molecule has 0 bridgehead atoms. The number of anilines is 1. The third-order valence-corrected chi connectivity index (χ3v) is 6.27. The summed E-state index contributed by atoms with van der Waals surface area (Å²) >= 11 is 9.03. The number of amides is 2. The van der Waals surface area contributed by atoms with Gasteiger partial charge in [-0.2, -0.15) is 0 Å². The van der Waals surface area contributed by atoms with Gasteiger partial charge in [0.15, 0.2) is 5.11 Å². The average Bonchev–Trinajstić information content (AvgIpc) is 3.38. The second-order valence-corrected chi connectivity index (χ2v) is 8.77. The number of nitrogens with one attached hydrogen (secondary N) is 1. The highest BCUT2D eigenvalue weighted by atomic mass is 79.9. The summed E-state index contributed by atoms with van der Waals surface area (Å²) in [5.74, 6) is 0.273. The summed E-state index contributed by atoms with van der Waals surface area (Å²) in [5.41, 5.74) is 1.79. The first-order valence-electron chi connectivity index (χ1n) is 10.2. The molecule has 1 aromatic heterocycles. The zero-order chi connectivity index (χ0) is 22.5. The molecule has 0 aliphatic carbocycles. The number of carbonyl (C=O) groups is 2. The Morgan fingerprint density at radius 2 is 1.81 bits per heavy atom. The molecule has 4 rings (SSSR count). The highest BCUT2D eigenvalue weighted by molar-refractivity contribution is 9.10. The smallest absolute Gasteiger partial charge is 0.252 e. The van der Waals surface area contributed by atoms with Crippen LogP contribution < -0.4 is 5.32 Å². The second-order valence-electron chi connectivity index (χ2n) is 7.49. The molecule has 32 heavy (non-hydrogen) atoms. The predicted octanol–water partition coefficient (Wildman–Crippen LogP) is 4.61.